The number of nitrogens with one attached hydrogen (secondary N) is 1. The second-order valence-electron chi connectivity index (χ2n) is 7.81. The normalized spacial score (nSPS) is 22.9. The summed E-state index contributed by atoms with van der Waals surface area (Å²) in [7, 11) is 0. The number of rotatable bonds is 4. The second kappa shape index (κ2) is 7.36. The molecule has 5 rings (SSSR count). The smallest absolute Gasteiger partial charge is 0.179 e. The van der Waals surface area contributed by atoms with Crippen LogP contribution < -0.4 is 5.32 Å². The molecule has 0 amide bonds. The highest BCUT2D eigenvalue weighted by molar-refractivity contribution is 6.35. The molecule has 3 aromatic rings. The summed E-state index contributed by atoms with van der Waals surface area (Å²) in [5, 5.41) is 5.22. The van der Waals surface area contributed by atoms with Crippen LogP contribution >= 0.6 is 11.6 Å². The van der Waals surface area contributed by atoms with Crippen molar-refractivity contribution in [2.24, 2.45) is 0 Å². The van der Waals surface area contributed by atoms with Gasteiger partial charge < -0.3 is 9.88 Å². The van der Waals surface area contributed by atoms with E-state index in [0.717, 1.165) is 66.1 Å². The standard InChI is InChI=1S/C23H24ClN3O/c24-20-3-1-4-21-19(20)11-14-27(21)17-8-6-16(7-9-17)23(28)22-5-2-13-26(22)18-10-12-25-15-18/h1,3-4,6-9,11,14,18,22,25H,2,5,10,12-13,15H2. The quantitative estimate of drug-likeness (QED) is 0.672. The van der Waals surface area contributed by atoms with Crippen molar-refractivity contribution in [3.05, 3.63) is 65.3 Å². The van der Waals surface area contributed by atoms with E-state index in [1.54, 1.807) is 0 Å². The van der Waals surface area contributed by atoms with Gasteiger partial charge in [-0.25, -0.2) is 0 Å². The van der Waals surface area contributed by atoms with Gasteiger partial charge in [-0.2, -0.15) is 0 Å². The van der Waals surface area contributed by atoms with Crippen LogP contribution in [0.4, 0.5) is 0 Å². The van der Waals surface area contributed by atoms with Crippen molar-refractivity contribution in [3.63, 3.8) is 0 Å². The van der Waals surface area contributed by atoms with Crippen LogP contribution in [0, 0.1) is 0 Å². The molecule has 2 unspecified atom stereocenters. The molecule has 1 N–H and O–H groups in total. The van der Waals surface area contributed by atoms with Crippen LogP contribution in [-0.4, -0.2) is 47.0 Å². The van der Waals surface area contributed by atoms with Gasteiger partial charge in [0.1, 0.15) is 0 Å². The molecular formula is C23H24ClN3O. The summed E-state index contributed by atoms with van der Waals surface area (Å²) in [6, 6.07) is 16.5. The van der Waals surface area contributed by atoms with Crippen LogP contribution in [0.5, 0.6) is 0 Å². The second-order valence-corrected chi connectivity index (χ2v) is 8.22. The molecule has 2 atom stereocenters. The number of halogens is 1. The third-order valence-corrected chi connectivity index (χ3v) is 6.54. The Morgan fingerprint density at radius 3 is 2.71 bits per heavy atom. The van der Waals surface area contributed by atoms with E-state index in [1.807, 2.05) is 48.7 Å². The average molecular weight is 394 g/mol. The predicted octanol–water partition coefficient (Wildman–Crippen LogP) is 4.29. The molecule has 0 saturated carbocycles. The molecule has 144 valence electrons. The Balaban J connectivity index is 1.40. The molecule has 0 radical (unpaired) electrons. The summed E-state index contributed by atoms with van der Waals surface area (Å²) >= 11 is 6.30. The number of aromatic nitrogens is 1. The largest absolute Gasteiger partial charge is 0.317 e. The minimum absolute atomic E-state index is 0.0296. The fourth-order valence-corrected chi connectivity index (χ4v) is 5.00. The maximum Gasteiger partial charge on any atom is 0.179 e. The Bertz CT molecular complexity index is 1000. The molecule has 1 aromatic heterocycles. The summed E-state index contributed by atoms with van der Waals surface area (Å²) in [4.78, 5) is 15.6. The zero-order valence-corrected chi connectivity index (χ0v) is 16.5. The van der Waals surface area contributed by atoms with Crippen molar-refractivity contribution in [1.82, 2.24) is 14.8 Å². The number of carbonyl (C=O) groups excluding carboxylic acids is 1. The number of hydrogen-bond acceptors (Lipinski definition) is 3. The number of nitrogens with zero attached hydrogens (tertiary/aromatic N) is 2. The highest BCUT2D eigenvalue weighted by Gasteiger charge is 2.36. The minimum atomic E-state index is 0.0296. The summed E-state index contributed by atoms with van der Waals surface area (Å²) in [5.74, 6) is 0.261. The van der Waals surface area contributed by atoms with E-state index in [2.05, 4.69) is 20.9 Å². The van der Waals surface area contributed by atoms with Gasteiger partial charge in [0.05, 0.1) is 11.6 Å². The van der Waals surface area contributed by atoms with Gasteiger partial charge in [-0.1, -0.05) is 17.7 Å². The van der Waals surface area contributed by atoms with E-state index in [0.29, 0.717) is 6.04 Å². The summed E-state index contributed by atoms with van der Waals surface area (Å²) in [6.45, 7) is 3.11. The van der Waals surface area contributed by atoms with E-state index in [1.165, 1.54) is 0 Å². The van der Waals surface area contributed by atoms with E-state index >= 15 is 0 Å². The van der Waals surface area contributed by atoms with E-state index in [-0.39, 0.29) is 11.8 Å². The monoisotopic (exact) mass is 393 g/mol. The van der Waals surface area contributed by atoms with Crippen LogP contribution in [0.2, 0.25) is 5.02 Å². The summed E-state index contributed by atoms with van der Waals surface area (Å²) in [6.07, 6.45) is 5.25. The molecule has 2 aliphatic heterocycles. The van der Waals surface area contributed by atoms with Crippen molar-refractivity contribution in [2.75, 3.05) is 19.6 Å². The molecule has 0 aliphatic carbocycles. The van der Waals surface area contributed by atoms with Gasteiger partial charge in [0.2, 0.25) is 0 Å². The number of Topliss-reactive ketones (excluding diaryl/α,β-unsaturated/α-hetero) is 1. The van der Waals surface area contributed by atoms with Crippen LogP contribution in [-0.2, 0) is 0 Å². The topological polar surface area (TPSA) is 37.3 Å². The number of likely N-dealkylation sites (tertiary alicyclic amines) is 1. The first-order valence-corrected chi connectivity index (χ1v) is 10.5. The van der Waals surface area contributed by atoms with Crippen molar-refractivity contribution in [3.8, 4) is 5.69 Å². The first-order chi connectivity index (χ1) is 13.7. The van der Waals surface area contributed by atoms with Crippen LogP contribution in [0.15, 0.2) is 54.7 Å². The van der Waals surface area contributed by atoms with Gasteiger partial charge >= 0.3 is 0 Å². The van der Waals surface area contributed by atoms with E-state index in [4.69, 9.17) is 11.6 Å². The van der Waals surface area contributed by atoms with Gasteiger partial charge in [-0.05, 0) is 74.8 Å². The Labute approximate surface area is 170 Å². The molecule has 2 aromatic carbocycles. The fraction of sp³-hybridized carbons (Fsp3) is 0.348. The molecule has 2 aliphatic rings. The van der Waals surface area contributed by atoms with Gasteiger partial charge in [0.15, 0.2) is 5.78 Å². The van der Waals surface area contributed by atoms with Crippen molar-refractivity contribution < 1.29 is 4.79 Å². The number of ketones is 1. The molecule has 5 heteroatoms. The van der Waals surface area contributed by atoms with Crippen molar-refractivity contribution >= 4 is 28.3 Å². The number of fused-ring (bicyclic) bond motifs is 1. The zero-order valence-electron chi connectivity index (χ0n) is 15.8. The average Bonchev–Trinajstić information content (AvgIpc) is 3.47. The number of carbonyl (C=O) groups is 1. The predicted molar refractivity (Wildman–Crippen MR) is 114 cm³/mol. The van der Waals surface area contributed by atoms with Gasteiger partial charge in [-0.3, -0.25) is 9.69 Å². The fourth-order valence-electron chi connectivity index (χ4n) is 4.76. The number of benzene rings is 2. The molecular weight excluding hydrogens is 370 g/mol. The maximum atomic E-state index is 13.2. The SMILES string of the molecule is O=C(c1ccc(-n2ccc3c(Cl)cccc32)cc1)C1CCCN1C1CCNC1. The zero-order chi connectivity index (χ0) is 19.1. The Kier molecular flexibility index (Phi) is 4.71. The lowest BCUT2D eigenvalue weighted by Gasteiger charge is -2.29. The first-order valence-electron chi connectivity index (χ1n) is 10.1. The lowest BCUT2D eigenvalue weighted by Crippen LogP contribution is -2.44. The third kappa shape index (κ3) is 3.06. The molecule has 3 heterocycles. The van der Waals surface area contributed by atoms with Crippen molar-refractivity contribution in [1.29, 1.82) is 0 Å². The van der Waals surface area contributed by atoms with Gasteiger partial charge in [-0.15, -0.1) is 0 Å². The first kappa shape index (κ1) is 17.9. The minimum Gasteiger partial charge on any atom is -0.317 e. The molecule has 2 fully saturated rings. The highest BCUT2D eigenvalue weighted by atomic mass is 35.5. The Hall–Kier alpha value is -2.14. The molecule has 0 bridgehead atoms. The summed E-state index contributed by atoms with van der Waals surface area (Å²) < 4.78 is 2.11. The Morgan fingerprint density at radius 2 is 1.93 bits per heavy atom. The van der Waals surface area contributed by atoms with Crippen LogP contribution in [0.25, 0.3) is 16.6 Å². The molecule has 28 heavy (non-hydrogen) atoms. The van der Waals surface area contributed by atoms with Gasteiger partial charge in [0, 0.05) is 40.4 Å². The van der Waals surface area contributed by atoms with E-state index in [9.17, 15) is 4.79 Å². The lowest BCUT2D eigenvalue weighted by atomic mass is 10.0. The van der Waals surface area contributed by atoms with Crippen LogP contribution in [0.1, 0.15) is 29.6 Å². The van der Waals surface area contributed by atoms with Crippen LogP contribution in [0.3, 0.4) is 0 Å². The Morgan fingerprint density at radius 1 is 1.07 bits per heavy atom. The summed E-state index contributed by atoms with van der Waals surface area (Å²) in [5.41, 5.74) is 2.92. The van der Waals surface area contributed by atoms with Crippen molar-refractivity contribution in [2.45, 2.75) is 31.3 Å². The highest BCUT2D eigenvalue weighted by Crippen LogP contribution is 2.28. The molecule has 0 spiro atoms. The molecule has 4 nitrogen and oxygen atoms in total. The maximum absolute atomic E-state index is 13.2. The van der Waals surface area contributed by atoms with E-state index < -0.39 is 0 Å². The lowest BCUT2D eigenvalue weighted by molar-refractivity contribution is 0.0826. The van der Waals surface area contributed by atoms with Gasteiger partial charge in [0.25, 0.3) is 0 Å². The number of hydrogen-bond donors (Lipinski definition) is 1. The third-order valence-electron chi connectivity index (χ3n) is 6.21. The molecule has 2 saturated heterocycles.